The van der Waals surface area contributed by atoms with Gasteiger partial charge in [-0.05, 0) is 50.4 Å². The fourth-order valence-electron chi connectivity index (χ4n) is 5.01. The number of amides is 2. The molecule has 0 aromatic rings. The van der Waals surface area contributed by atoms with Gasteiger partial charge in [-0.15, -0.1) is 0 Å². The molecule has 4 aliphatic rings. The average Bonchev–Trinajstić information content (AvgIpc) is 2.08. The maximum Gasteiger partial charge on any atom is 0.405 e. The van der Waals surface area contributed by atoms with E-state index in [2.05, 4.69) is 10.6 Å². The van der Waals surface area contributed by atoms with Gasteiger partial charge in [0.2, 0.25) is 0 Å². The van der Waals surface area contributed by atoms with E-state index in [0.29, 0.717) is 18.3 Å². The van der Waals surface area contributed by atoms with Crippen LogP contribution in [0.1, 0.15) is 38.5 Å². The van der Waals surface area contributed by atoms with Crippen LogP contribution in [-0.2, 0) is 0 Å². The van der Waals surface area contributed by atoms with Crippen LogP contribution < -0.4 is 10.6 Å². The minimum Gasteiger partial charge on any atom is -0.465 e. The standard InChI is InChI=1S/C12H18N2O4/c15-9(16)13-11-2-7-1-8(4-11)5-12(3-7,6-11)14-10(17)18/h7-8,13-14H,1-6H2,(H,15,16)(H,17,18). The molecule has 0 unspecified atom stereocenters. The van der Waals surface area contributed by atoms with Crippen LogP contribution in [0.4, 0.5) is 9.59 Å². The van der Waals surface area contributed by atoms with E-state index in [-0.39, 0.29) is 0 Å². The summed E-state index contributed by atoms with van der Waals surface area (Å²) in [6.07, 6.45) is 3.16. The fourth-order valence-corrected chi connectivity index (χ4v) is 5.01. The SMILES string of the molecule is O=C(O)NC12CC3CC(C1)CC(NC(=O)O)(C3)C2. The maximum absolute atomic E-state index is 11.0. The molecule has 4 rings (SSSR count). The van der Waals surface area contributed by atoms with Gasteiger partial charge >= 0.3 is 12.2 Å². The summed E-state index contributed by atoms with van der Waals surface area (Å²) in [5.41, 5.74) is -0.809. The van der Waals surface area contributed by atoms with Gasteiger partial charge in [0.05, 0.1) is 0 Å². The van der Waals surface area contributed by atoms with Gasteiger partial charge in [-0.1, -0.05) is 0 Å². The lowest BCUT2D eigenvalue weighted by Crippen LogP contribution is -2.69. The van der Waals surface area contributed by atoms with Gasteiger partial charge in [0.15, 0.2) is 0 Å². The zero-order chi connectivity index (χ0) is 13.0. The Kier molecular flexibility index (Phi) is 2.27. The summed E-state index contributed by atoms with van der Waals surface area (Å²) in [6.45, 7) is 0. The van der Waals surface area contributed by atoms with Crippen molar-refractivity contribution in [2.75, 3.05) is 0 Å². The van der Waals surface area contributed by atoms with E-state index >= 15 is 0 Å². The molecule has 4 aliphatic carbocycles. The van der Waals surface area contributed by atoms with Crippen molar-refractivity contribution in [2.24, 2.45) is 11.8 Å². The molecule has 4 saturated carbocycles. The van der Waals surface area contributed by atoms with Crippen molar-refractivity contribution in [3.63, 3.8) is 0 Å². The third-order valence-corrected chi connectivity index (χ3v) is 4.81. The molecule has 4 bridgehead atoms. The lowest BCUT2D eigenvalue weighted by atomic mass is 9.50. The maximum atomic E-state index is 11.0. The molecule has 4 fully saturated rings. The van der Waals surface area contributed by atoms with Gasteiger partial charge in [-0.2, -0.15) is 0 Å². The van der Waals surface area contributed by atoms with Gasteiger partial charge < -0.3 is 20.8 Å². The average molecular weight is 254 g/mol. The highest BCUT2D eigenvalue weighted by atomic mass is 16.4. The molecule has 6 nitrogen and oxygen atoms in total. The molecule has 0 spiro atoms. The van der Waals surface area contributed by atoms with Crippen LogP contribution >= 0.6 is 0 Å². The summed E-state index contributed by atoms with van der Waals surface area (Å²) < 4.78 is 0. The third kappa shape index (κ3) is 1.79. The Morgan fingerprint density at radius 3 is 1.61 bits per heavy atom. The minimum absolute atomic E-state index is 0.404. The summed E-state index contributed by atoms with van der Waals surface area (Å²) in [6, 6.07) is 0. The first-order chi connectivity index (χ1) is 8.40. The van der Waals surface area contributed by atoms with Crippen molar-refractivity contribution >= 4 is 12.2 Å². The van der Waals surface area contributed by atoms with Gasteiger partial charge in [-0.3, -0.25) is 0 Å². The number of carbonyl (C=O) groups is 2. The molecular formula is C12H18N2O4. The minimum atomic E-state index is -0.998. The van der Waals surface area contributed by atoms with Crippen LogP contribution in [0, 0.1) is 11.8 Å². The molecule has 0 aromatic heterocycles. The number of carboxylic acid groups (broad SMARTS) is 2. The summed E-state index contributed by atoms with van der Waals surface area (Å²) in [4.78, 5) is 21.9. The topological polar surface area (TPSA) is 98.7 Å². The van der Waals surface area contributed by atoms with E-state index < -0.39 is 23.3 Å². The molecule has 0 atom stereocenters. The molecule has 18 heavy (non-hydrogen) atoms. The van der Waals surface area contributed by atoms with Crippen molar-refractivity contribution in [2.45, 2.75) is 49.6 Å². The van der Waals surface area contributed by atoms with E-state index in [1.54, 1.807) is 0 Å². The monoisotopic (exact) mass is 254 g/mol. The van der Waals surface area contributed by atoms with Crippen molar-refractivity contribution in [1.82, 2.24) is 10.6 Å². The first kappa shape index (κ1) is 11.6. The summed E-state index contributed by atoms with van der Waals surface area (Å²) in [7, 11) is 0. The summed E-state index contributed by atoms with van der Waals surface area (Å²) in [5, 5.41) is 23.3. The number of hydrogen-bond donors (Lipinski definition) is 4. The predicted octanol–water partition coefficient (Wildman–Crippen LogP) is 1.61. The van der Waals surface area contributed by atoms with Crippen molar-refractivity contribution in [1.29, 1.82) is 0 Å². The molecule has 0 radical (unpaired) electrons. The molecule has 4 N–H and O–H groups in total. The molecular weight excluding hydrogens is 236 g/mol. The Morgan fingerprint density at radius 2 is 1.28 bits per heavy atom. The Labute approximate surface area is 105 Å². The van der Waals surface area contributed by atoms with E-state index in [1.807, 2.05) is 0 Å². The largest absolute Gasteiger partial charge is 0.465 e. The highest BCUT2D eigenvalue weighted by molar-refractivity contribution is 5.67. The predicted molar refractivity (Wildman–Crippen MR) is 62.5 cm³/mol. The Morgan fingerprint density at radius 1 is 0.889 bits per heavy atom. The summed E-state index contributed by atoms with van der Waals surface area (Å²) >= 11 is 0. The van der Waals surface area contributed by atoms with Gasteiger partial charge in [0.1, 0.15) is 0 Å². The van der Waals surface area contributed by atoms with Crippen molar-refractivity contribution < 1.29 is 19.8 Å². The zero-order valence-electron chi connectivity index (χ0n) is 10.1. The highest BCUT2D eigenvalue weighted by Gasteiger charge is 2.58. The first-order valence-electron chi connectivity index (χ1n) is 6.43. The van der Waals surface area contributed by atoms with E-state index in [9.17, 15) is 9.59 Å². The smallest absolute Gasteiger partial charge is 0.405 e. The van der Waals surface area contributed by atoms with Gasteiger partial charge in [0.25, 0.3) is 0 Å². The lowest BCUT2D eigenvalue weighted by Gasteiger charge is -2.61. The second-order valence-corrected chi connectivity index (χ2v) is 6.38. The Balaban J connectivity index is 1.87. The molecule has 100 valence electrons. The highest BCUT2D eigenvalue weighted by Crippen LogP contribution is 2.57. The van der Waals surface area contributed by atoms with Crippen LogP contribution in [0.2, 0.25) is 0 Å². The van der Waals surface area contributed by atoms with Crippen molar-refractivity contribution in [3.8, 4) is 0 Å². The van der Waals surface area contributed by atoms with Gasteiger partial charge in [0, 0.05) is 11.1 Å². The van der Waals surface area contributed by atoms with E-state index in [1.165, 1.54) is 0 Å². The molecule has 0 heterocycles. The van der Waals surface area contributed by atoms with Crippen LogP contribution in [0.15, 0.2) is 0 Å². The molecule has 6 heteroatoms. The molecule has 0 aromatic carbocycles. The summed E-state index contributed by atoms with van der Waals surface area (Å²) in [5.74, 6) is 0.898. The molecule has 0 aliphatic heterocycles. The van der Waals surface area contributed by atoms with E-state index in [0.717, 1.165) is 32.1 Å². The van der Waals surface area contributed by atoms with Gasteiger partial charge in [-0.25, -0.2) is 9.59 Å². The lowest BCUT2D eigenvalue weighted by molar-refractivity contribution is -0.0457. The Hall–Kier alpha value is -1.46. The normalized spacial score (nSPS) is 44.7. The molecule has 0 saturated heterocycles. The van der Waals surface area contributed by atoms with Crippen molar-refractivity contribution in [3.05, 3.63) is 0 Å². The quantitative estimate of drug-likeness (QED) is 0.601. The number of rotatable bonds is 2. The molecule has 2 amide bonds. The van der Waals surface area contributed by atoms with E-state index in [4.69, 9.17) is 10.2 Å². The fraction of sp³-hybridized carbons (Fsp3) is 0.833. The van der Waals surface area contributed by atoms with Crippen LogP contribution in [0.25, 0.3) is 0 Å². The number of nitrogens with one attached hydrogen (secondary N) is 2. The second kappa shape index (κ2) is 3.52. The van der Waals surface area contributed by atoms with Crippen LogP contribution in [0.5, 0.6) is 0 Å². The first-order valence-corrected chi connectivity index (χ1v) is 6.43. The number of hydrogen-bond acceptors (Lipinski definition) is 2. The Bertz CT molecular complexity index is 361. The van der Waals surface area contributed by atoms with Crippen LogP contribution in [0.3, 0.4) is 0 Å². The van der Waals surface area contributed by atoms with Crippen LogP contribution in [-0.4, -0.2) is 33.5 Å². The zero-order valence-corrected chi connectivity index (χ0v) is 10.1. The third-order valence-electron chi connectivity index (χ3n) is 4.81. The second-order valence-electron chi connectivity index (χ2n) is 6.38.